The first-order chi connectivity index (χ1) is 15.1. The average Bonchev–Trinajstić information content (AvgIpc) is 2.82. The van der Waals surface area contributed by atoms with Gasteiger partial charge in [0.05, 0.1) is 5.41 Å². The Balaban J connectivity index is 2.15. The third-order valence-electron chi connectivity index (χ3n) is 6.20. The number of phenolic OH excluding ortho intramolecular Hbond substituents is 2. The maximum atomic E-state index is 10.4. The second-order valence-corrected chi connectivity index (χ2v) is 7.88. The lowest BCUT2D eigenvalue weighted by Gasteiger charge is -2.37. The first-order valence-electron chi connectivity index (χ1n) is 10.9. The number of hydrogen-bond acceptors (Lipinski definition) is 2. The molecule has 31 heavy (non-hydrogen) atoms. The van der Waals surface area contributed by atoms with E-state index in [0.29, 0.717) is 11.5 Å². The van der Waals surface area contributed by atoms with Crippen LogP contribution < -0.4 is 0 Å². The summed E-state index contributed by atoms with van der Waals surface area (Å²) >= 11 is 0. The average molecular weight is 409 g/mol. The molecule has 2 heteroatoms. The summed E-state index contributed by atoms with van der Waals surface area (Å²) in [5, 5.41) is 20.8. The van der Waals surface area contributed by atoms with Gasteiger partial charge in [0, 0.05) is 0 Å². The van der Waals surface area contributed by atoms with Gasteiger partial charge in [-0.1, -0.05) is 98.8 Å². The Morgan fingerprint density at radius 2 is 0.903 bits per heavy atom. The van der Waals surface area contributed by atoms with Crippen molar-refractivity contribution in [3.63, 3.8) is 0 Å². The van der Waals surface area contributed by atoms with Crippen LogP contribution in [0.5, 0.6) is 11.5 Å². The van der Waals surface area contributed by atoms with Crippen LogP contribution >= 0.6 is 0 Å². The minimum Gasteiger partial charge on any atom is -0.508 e. The first-order valence-corrected chi connectivity index (χ1v) is 10.9. The molecule has 0 bridgehead atoms. The lowest BCUT2D eigenvalue weighted by atomic mass is 9.64. The van der Waals surface area contributed by atoms with E-state index in [0.717, 1.165) is 46.2 Å². The van der Waals surface area contributed by atoms with Crippen molar-refractivity contribution < 1.29 is 10.2 Å². The Morgan fingerprint density at radius 3 is 1.26 bits per heavy atom. The molecule has 0 aliphatic carbocycles. The molecule has 156 valence electrons. The van der Waals surface area contributed by atoms with Gasteiger partial charge in [-0.2, -0.15) is 0 Å². The van der Waals surface area contributed by atoms with Gasteiger partial charge in [0.25, 0.3) is 0 Å². The summed E-state index contributed by atoms with van der Waals surface area (Å²) in [7, 11) is 0. The highest BCUT2D eigenvalue weighted by Crippen LogP contribution is 2.46. The Hall–Kier alpha value is -3.52. The van der Waals surface area contributed by atoms with E-state index in [9.17, 15) is 10.2 Å². The lowest BCUT2D eigenvalue weighted by Crippen LogP contribution is -2.31. The second kappa shape index (κ2) is 8.69. The number of phenols is 2. The second-order valence-electron chi connectivity index (χ2n) is 7.88. The SMILES string of the molecule is CCc1cc(C(c2ccccc2)(c2ccccc2)c2ccc(O)c(CC)c2)ccc1O. The summed E-state index contributed by atoms with van der Waals surface area (Å²) in [6.07, 6.45) is 1.49. The van der Waals surface area contributed by atoms with Crippen molar-refractivity contribution in [2.24, 2.45) is 0 Å². The third kappa shape index (κ3) is 3.59. The molecular weight excluding hydrogens is 380 g/mol. The zero-order valence-electron chi connectivity index (χ0n) is 18.0. The standard InChI is InChI=1S/C29H28O2/c1-3-21-19-25(15-17-27(21)30)29(23-11-7-5-8-12-23,24-13-9-6-10-14-24)26-16-18-28(31)22(4-2)20-26/h5-20,30-31H,3-4H2,1-2H3. The van der Waals surface area contributed by atoms with Crippen LogP contribution in [-0.2, 0) is 18.3 Å². The van der Waals surface area contributed by atoms with E-state index in [1.807, 2.05) is 24.3 Å². The van der Waals surface area contributed by atoms with E-state index in [1.165, 1.54) is 0 Å². The number of rotatable bonds is 6. The Bertz CT molecular complexity index is 1070. The van der Waals surface area contributed by atoms with Gasteiger partial charge in [0.15, 0.2) is 0 Å². The number of hydrogen-bond donors (Lipinski definition) is 2. The van der Waals surface area contributed by atoms with Crippen LogP contribution in [0, 0.1) is 0 Å². The molecule has 2 nitrogen and oxygen atoms in total. The zero-order valence-corrected chi connectivity index (χ0v) is 18.0. The molecule has 0 unspecified atom stereocenters. The minimum atomic E-state index is -0.586. The van der Waals surface area contributed by atoms with Crippen molar-refractivity contribution in [3.05, 3.63) is 130 Å². The maximum Gasteiger partial charge on any atom is 0.118 e. The smallest absolute Gasteiger partial charge is 0.118 e. The summed E-state index contributed by atoms with van der Waals surface area (Å²) in [6, 6.07) is 32.8. The predicted molar refractivity (Wildman–Crippen MR) is 127 cm³/mol. The molecule has 4 rings (SSSR count). The van der Waals surface area contributed by atoms with Gasteiger partial charge < -0.3 is 10.2 Å². The van der Waals surface area contributed by atoms with E-state index < -0.39 is 5.41 Å². The molecule has 0 radical (unpaired) electrons. The van der Waals surface area contributed by atoms with Gasteiger partial charge in [0.1, 0.15) is 11.5 Å². The van der Waals surface area contributed by atoms with Gasteiger partial charge in [-0.15, -0.1) is 0 Å². The number of benzene rings is 4. The van der Waals surface area contributed by atoms with E-state index >= 15 is 0 Å². The van der Waals surface area contributed by atoms with Crippen molar-refractivity contribution in [2.45, 2.75) is 32.1 Å². The van der Waals surface area contributed by atoms with Gasteiger partial charge >= 0.3 is 0 Å². The fourth-order valence-electron chi connectivity index (χ4n) is 4.58. The molecule has 0 heterocycles. The summed E-state index contributed by atoms with van der Waals surface area (Å²) < 4.78 is 0. The number of aryl methyl sites for hydroxylation is 2. The fourth-order valence-corrected chi connectivity index (χ4v) is 4.58. The molecule has 4 aromatic rings. The highest BCUT2D eigenvalue weighted by molar-refractivity contribution is 5.62. The zero-order chi connectivity index (χ0) is 21.8. The van der Waals surface area contributed by atoms with Gasteiger partial charge in [-0.25, -0.2) is 0 Å². The van der Waals surface area contributed by atoms with Gasteiger partial charge in [0.2, 0.25) is 0 Å². The highest BCUT2D eigenvalue weighted by Gasteiger charge is 2.39. The van der Waals surface area contributed by atoms with E-state index in [-0.39, 0.29) is 0 Å². The fraction of sp³-hybridized carbons (Fsp3) is 0.172. The first kappa shape index (κ1) is 20.7. The predicted octanol–water partition coefficient (Wildman–Crippen LogP) is 6.61. The van der Waals surface area contributed by atoms with Crippen molar-refractivity contribution in [2.75, 3.05) is 0 Å². The Morgan fingerprint density at radius 1 is 0.516 bits per heavy atom. The van der Waals surface area contributed by atoms with E-state index in [2.05, 4.69) is 74.5 Å². The quantitative estimate of drug-likeness (QED) is 0.353. The molecule has 0 fully saturated rings. The van der Waals surface area contributed by atoms with Crippen LogP contribution in [0.1, 0.15) is 47.2 Å². The van der Waals surface area contributed by atoms with Crippen molar-refractivity contribution in [1.29, 1.82) is 0 Å². The molecule has 4 aromatic carbocycles. The molecule has 0 aliphatic heterocycles. The summed E-state index contributed by atoms with van der Waals surface area (Å²) in [6.45, 7) is 4.11. The van der Waals surface area contributed by atoms with Crippen molar-refractivity contribution >= 4 is 0 Å². The van der Waals surface area contributed by atoms with Crippen LogP contribution in [0.4, 0.5) is 0 Å². The van der Waals surface area contributed by atoms with Crippen LogP contribution in [0.3, 0.4) is 0 Å². The van der Waals surface area contributed by atoms with Crippen molar-refractivity contribution in [1.82, 2.24) is 0 Å². The molecule has 0 atom stereocenters. The largest absolute Gasteiger partial charge is 0.508 e. The van der Waals surface area contributed by atoms with E-state index in [4.69, 9.17) is 0 Å². The normalized spacial score (nSPS) is 11.4. The van der Waals surface area contributed by atoms with E-state index in [1.54, 1.807) is 12.1 Å². The molecule has 0 spiro atoms. The Labute approximate surface area is 184 Å². The maximum absolute atomic E-state index is 10.4. The molecule has 0 saturated carbocycles. The van der Waals surface area contributed by atoms with Crippen LogP contribution in [-0.4, -0.2) is 10.2 Å². The Kier molecular flexibility index (Phi) is 5.81. The molecular formula is C29H28O2. The molecule has 2 N–H and O–H groups in total. The lowest BCUT2D eigenvalue weighted by molar-refractivity contribution is 0.468. The van der Waals surface area contributed by atoms with Crippen molar-refractivity contribution in [3.8, 4) is 11.5 Å². The van der Waals surface area contributed by atoms with Crippen LogP contribution in [0.25, 0.3) is 0 Å². The highest BCUT2D eigenvalue weighted by atomic mass is 16.3. The van der Waals surface area contributed by atoms with Crippen LogP contribution in [0.2, 0.25) is 0 Å². The summed E-state index contributed by atoms with van der Waals surface area (Å²) in [5.74, 6) is 0.641. The van der Waals surface area contributed by atoms with Crippen LogP contribution in [0.15, 0.2) is 97.1 Å². The molecule has 0 aromatic heterocycles. The minimum absolute atomic E-state index is 0.321. The number of aromatic hydroxyl groups is 2. The topological polar surface area (TPSA) is 40.5 Å². The van der Waals surface area contributed by atoms with Gasteiger partial charge in [-0.05, 0) is 58.4 Å². The molecule has 0 aliphatic rings. The summed E-state index contributed by atoms with van der Waals surface area (Å²) in [4.78, 5) is 0. The molecule has 0 saturated heterocycles. The summed E-state index contributed by atoms with van der Waals surface area (Å²) in [5.41, 5.74) is 5.71. The molecule has 0 amide bonds. The third-order valence-corrected chi connectivity index (χ3v) is 6.20. The van der Waals surface area contributed by atoms with Gasteiger partial charge in [-0.3, -0.25) is 0 Å². The monoisotopic (exact) mass is 408 g/mol.